The molecule has 86 valence electrons. The molecule has 0 bridgehead atoms. The van der Waals surface area contributed by atoms with Crippen molar-refractivity contribution in [3.63, 3.8) is 0 Å². The molecule has 0 aliphatic heterocycles. The molecule has 1 N–H and O–H groups in total. The third-order valence-corrected chi connectivity index (χ3v) is 2.14. The summed E-state index contributed by atoms with van der Waals surface area (Å²) < 4.78 is 4.72. The number of anilines is 1. The molecule has 1 aromatic rings. The highest BCUT2D eigenvalue weighted by molar-refractivity contribution is 5.94. The molecule has 0 spiro atoms. The van der Waals surface area contributed by atoms with Crippen LogP contribution in [0, 0.1) is 0 Å². The van der Waals surface area contributed by atoms with Gasteiger partial charge in [0.05, 0.1) is 5.56 Å². The molecular formula is C11H13NO4. The zero-order valence-electron chi connectivity index (χ0n) is 9.14. The smallest absolute Gasteiger partial charge is 0.335 e. The number of hydrogen-bond acceptors (Lipinski definition) is 3. The number of carboxylic acids is 1. The summed E-state index contributed by atoms with van der Waals surface area (Å²) in [5.74, 6) is -1.18. The largest absolute Gasteiger partial charge is 0.478 e. The second-order valence-electron chi connectivity index (χ2n) is 3.24. The summed E-state index contributed by atoms with van der Waals surface area (Å²) in [5, 5.41) is 8.71. The fourth-order valence-corrected chi connectivity index (χ4v) is 1.19. The van der Waals surface area contributed by atoms with Gasteiger partial charge in [-0.25, -0.2) is 4.79 Å². The number of carbonyl (C=O) groups is 2. The van der Waals surface area contributed by atoms with Gasteiger partial charge in [-0.3, -0.25) is 4.79 Å². The molecule has 0 radical (unpaired) electrons. The Hall–Kier alpha value is -1.88. The molecular weight excluding hydrogens is 210 g/mol. The maximum atomic E-state index is 11.4. The first-order chi connectivity index (χ1) is 7.56. The molecule has 0 aliphatic rings. The zero-order chi connectivity index (χ0) is 12.1. The molecule has 1 rings (SSSR count). The van der Waals surface area contributed by atoms with Crippen LogP contribution in [0.5, 0.6) is 0 Å². The van der Waals surface area contributed by atoms with Crippen LogP contribution in [-0.2, 0) is 9.53 Å². The van der Waals surface area contributed by atoms with Gasteiger partial charge >= 0.3 is 5.97 Å². The molecule has 0 unspecified atom stereocenters. The van der Waals surface area contributed by atoms with E-state index in [1.54, 1.807) is 19.2 Å². The van der Waals surface area contributed by atoms with E-state index in [4.69, 9.17) is 9.84 Å². The predicted molar refractivity (Wildman–Crippen MR) is 58.7 cm³/mol. The molecule has 1 amide bonds. The van der Waals surface area contributed by atoms with Crippen molar-refractivity contribution >= 4 is 17.6 Å². The predicted octanol–water partition coefficient (Wildman–Crippen LogP) is 0.994. The maximum Gasteiger partial charge on any atom is 0.335 e. The topological polar surface area (TPSA) is 66.8 Å². The Labute approximate surface area is 93.2 Å². The minimum Gasteiger partial charge on any atom is -0.478 e. The van der Waals surface area contributed by atoms with Crippen LogP contribution >= 0.6 is 0 Å². The lowest BCUT2D eigenvalue weighted by atomic mass is 10.2. The number of benzene rings is 1. The van der Waals surface area contributed by atoms with Gasteiger partial charge in [-0.1, -0.05) is 0 Å². The van der Waals surface area contributed by atoms with Crippen molar-refractivity contribution in [3.05, 3.63) is 29.8 Å². The Bertz CT molecular complexity index is 385. The van der Waals surface area contributed by atoms with Crippen LogP contribution < -0.4 is 4.90 Å². The summed E-state index contributed by atoms with van der Waals surface area (Å²) in [7, 11) is 3.05. The van der Waals surface area contributed by atoms with E-state index < -0.39 is 5.97 Å². The quantitative estimate of drug-likeness (QED) is 0.826. The van der Waals surface area contributed by atoms with E-state index in [1.165, 1.54) is 24.1 Å². The van der Waals surface area contributed by atoms with Crippen molar-refractivity contribution in [1.29, 1.82) is 0 Å². The summed E-state index contributed by atoms with van der Waals surface area (Å²) >= 11 is 0. The lowest BCUT2D eigenvalue weighted by Crippen LogP contribution is -2.29. The average molecular weight is 223 g/mol. The van der Waals surface area contributed by atoms with Crippen molar-refractivity contribution in [1.82, 2.24) is 0 Å². The number of amides is 1. The molecule has 5 heteroatoms. The van der Waals surface area contributed by atoms with Crippen LogP contribution in [0.4, 0.5) is 5.69 Å². The van der Waals surface area contributed by atoms with E-state index in [0.717, 1.165) is 0 Å². The molecule has 0 aromatic heterocycles. The monoisotopic (exact) mass is 223 g/mol. The van der Waals surface area contributed by atoms with Crippen molar-refractivity contribution in [2.75, 3.05) is 25.7 Å². The number of likely N-dealkylation sites (N-methyl/N-ethyl adjacent to an activating group) is 1. The van der Waals surface area contributed by atoms with Gasteiger partial charge in [0.15, 0.2) is 0 Å². The van der Waals surface area contributed by atoms with Crippen molar-refractivity contribution in [3.8, 4) is 0 Å². The molecule has 0 fully saturated rings. The number of rotatable bonds is 4. The van der Waals surface area contributed by atoms with Crippen LogP contribution in [0.3, 0.4) is 0 Å². The highest BCUT2D eigenvalue weighted by atomic mass is 16.5. The third-order valence-electron chi connectivity index (χ3n) is 2.14. The molecule has 1 aromatic carbocycles. The van der Waals surface area contributed by atoms with Gasteiger partial charge in [-0.2, -0.15) is 0 Å². The number of hydrogen-bond donors (Lipinski definition) is 1. The van der Waals surface area contributed by atoms with E-state index in [0.29, 0.717) is 5.69 Å². The van der Waals surface area contributed by atoms with Crippen molar-refractivity contribution in [2.45, 2.75) is 0 Å². The van der Waals surface area contributed by atoms with Gasteiger partial charge in [-0.05, 0) is 24.3 Å². The van der Waals surface area contributed by atoms with Gasteiger partial charge < -0.3 is 14.7 Å². The molecule has 0 saturated heterocycles. The Morgan fingerprint density at radius 2 is 1.88 bits per heavy atom. The molecule has 16 heavy (non-hydrogen) atoms. The summed E-state index contributed by atoms with van der Waals surface area (Å²) in [4.78, 5) is 23.5. The highest BCUT2D eigenvalue weighted by Crippen LogP contribution is 2.13. The Morgan fingerprint density at radius 1 is 1.31 bits per heavy atom. The number of carbonyl (C=O) groups excluding carboxylic acids is 1. The third kappa shape index (κ3) is 2.80. The van der Waals surface area contributed by atoms with Gasteiger partial charge in [-0.15, -0.1) is 0 Å². The zero-order valence-corrected chi connectivity index (χ0v) is 9.14. The molecule has 0 atom stereocenters. The molecule has 0 saturated carbocycles. The second-order valence-corrected chi connectivity index (χ2v) is 3.24. The SMILES string of the molecule is COCC(=O)N(C)c1ccc(C(=O)O)cc1. The van der Waals surface area contributed by atoms with Gasteiger partial charge in [0.25, 0.3) is 5.91 Å². The Kier molecular flexibility index (Phi) is 4.02. The van der Waals surface area contributed by atoms with Crippen LogP contribution in [-0.4, -0.2) is 37.7 Å². The van der Waals surface area contributed by atoms with Crippen LogP contribution in [0.15, 0.2) is 24.3 Å². The lowest BCUT2D eigenvalue weighted by molar-refractivity contribution is -0.121. The fraction of sp³-hybridized carbons (Fsp3) is 0.273. The first kappa shape index (κ1) is 12.2. The van der Waals surface area contributed by atoms with Crippen molar-refractivity contribution in [2.24, 2.45) is 0 Å². The van der Waals surface area contributed by atoms with E-state index in [-0.39, 0.29) is 18.1 Å². The summed E-state index contributed by atoms with van der Waals surface area (Å²) in [5.41, 5.74) is 0.823. The fourth-order valence-electron chi connectivity index (χ4n) is 1.19. The van der Waals surface area contributed by atoms with Crippen LogP contribution in [0.1, 0.15) is 10.4 Å². The van der Waals surface area contributed by atoms with Gasteiger partial charge in [0.2, 0.25) is 0 Å². The molecule has 0 aliphatic carbocycles. The summed E-state index contributed by atoms with van der Waals surface area (Å²) in [6.45, 7) is -0.00280. The second kappa shape index (κ2) is 5.27. The first-order valence-electron chi connectivity index (χ1n) is 4.65. The highest BCUT2D eigenvalue weighted by Gasteiger charge is 2.10. The number of methoxy groups -OCH3 is 1. The van der Waals surface area contributed by atoms with Crippen LogP contribution in [0.25, 0.3) is 0 Å². The normalized spacial score (nSPS) is 9.88. The minimum atomic E-state index is -0.988. The number of ether oxygens (including phenoxy) is 1. The molecule has 0 heterocycles. The molecule has 5 nitrogen and oxygen atoms in total. The maximum absolute atomic E-state index is 11.4. The standard InChI is InChI=1S/C11H13NO4/c1-12(10(13)7-16-2)9-5-3-8(4-6-9)11(14)15/h3-6H,7H2,1-2H3,(H,14,15). The summed E-state index contributed by atoms with van der Waals surface area (Å²) in [6.07, 6.45) is 0. The number of aromatic carboxylic acids is 1. The van der Waals surface area contributed by atoms with Crippen LogP contribution in [0.2, 0.25) is 0 Å². The van der Waals surface area contributed by atoms with E-state index in [9.17, 15) is 9.59 Å². The van der Waals surface area contributed by atoms with E-state index in [2.05, 4.69) is 0 Å². The van der Waals surface area contributed by atoms with Gasteiger partial charge in [0.1, 0.15) is 6.61 Å². The summed E-state index contributed by atoms with van der Waals surface area (Å²) in [6, 6.07) is 6.07. The Balaban J connectivity index is 2.81. The number of carboxylic acid groups (broad SMARTS) is 1. The Morgan fingerprint density at radius 3 is 2.31 bits per heavy atom. The number of nitrogens with zero attached hydrogens (tertiary/aromatic N) is 1. The van der Waals surface area contributed by atoms with E-state index in [1.807, 2.05) is 0 Å². The first-order valence-corrected chi connectivity index (χ1v) is 4.65. The lowest BCUT2D eigenvalue weighted by Gasteiger charge is -2.16. The van der Waals surface area contributed by atoms with E-state index >= 15 is 0 Å². The average Bonchev–Trinajstić information content (AvgIpc) is 2.28. The minimum absolute atomic E-state index is 0.00280. The van der Waals surface area contributed by atoms with Crippen molar-refractivity contribution < 1.29 is 19.4 Å². The van der Waals surface area contributed by atoms with Gasteiger partial charge in [0, 0.05) is 19.8 Å².